The molecule has 12 heteroatoms. The van der Waals surface area contributed by atoms with Crippen LogP contribution in [-0.2, 0) is 26.2 Å². The predicted molar refractivity (Wildman–Crippen MR) is 132 cm³/mol. The molecule has 8 nitrogen and oxygen atoms in total. The van der Waals surface area contributed by atoms with Crippen molar-refractivity contribution in [3.63, 3.8) is 0 Å². The van der Waals surface area contributed by atoms with Gasteiger partial charge in [-0.1, -0.05) is 11.6 Å². The fraction of sp³-hybridized carbons (Fsp3) is 0.308. The average molecular weight is 543 g/mol. The van der Waals surface area contributed by atoms with Gasteiger partial charge in [0.25, 0.3) is 5.91 Å². The highest BCUT2D eigenvalue weighted by atomic mass is 35.5. The standard InChI is InChI=1S/C26H22ClF3N6O2/c1-34-13-21(23(33-34)26(28,29)30)18-8-15(12-35-6-4-31-14-35)9-19-17(18)2-5-36(25(19)37)22-3-7-38-24-20(22)10-16(27)11-32-24/h4,6,8-11,13-14,22H,2-3,5,7,12H2,1H3/t22-/m0/s1. The van der Waals surface area contributed by atoms with E-state index in [1.54, 1.807) is 46.4 Å². The molecule has 0 radical (unpaired) electrons. The van der Waals surface area contributed by atoms with E-state index in [0.29, 0.717) is 65.7 Å². The molecule has 0 saturated carbocycles. The number of nitrogens with zero attached hydrogens (tertiary/aromatic N) is 6. The molecule has 6 rings (SSSR count). The Labute approximate surface area is 220 Å². The summed E-state index contributed by atoms with van der Waals surface area (Å²) >= 11 is 6.20. The molecule has 0 spiro atoms. The molecular formula is C26H22ClF3N6O2. The van der Waals surface area contributed by atoms with Crippen molar-refractivity contribution in [3.8, 4) is 17.0 Å². The first-order chi connectivity index (χ1) is 18.2. The summed E-state index contributed by atoms with van der Waals surface area (Å²) in [6, 6.07) is 4.94. The molecule has 1 amide bonds. The van der Waals surface area contributed by atoms with E-state index in [1.165, 1.54) is 19.4 Å². The van der Waals surface area contributed by atoms with Crippen LogP contribution in [0.2, 0.25) is 5.02 Å². The van der Waals surface area contributed by atoms with Gasteiger partial charge in [-0.15, -0.1) is 0 Å². The molecule has 0 fully saturated rings. The van der Waals surface area contributed by atoms with E-state index in [1.807, 2.05) is 0 Å². The molecule has 196 valence electrons. The minimum absolute atomic E-state index is 0.0441. The molecule has 2 aliphatic heterocycles. The maximum absolute atomic E-state index is 14.0. The van der Waals surface area contributed by atoms with Crippen LogP contribution in [0, 0.1) is 0 Å². The van der Waals surface area contributed by atoms with Crippen molar-refractivity contribution in [2.75, 3.05) is 13.2 Å². The van der Waals surface area contributed by atoms with Crippen molar-refractivity contribution >= 4 is 17.5 Å². The van der Waals surface area contributed by atoms with Crippen LogP contribution in [0.1, 0.15) is 45.2 Å². The fourth-order valence-electron chi connectivity index (χ4n) is 5.34. The smallest absolute Gasteiger partial charge is 0.435 e. The molecule has 0 unspecified atom stereocenters. The summed E-state index contributed by atoms with van der Waals surface area (Å²) < 4.78 is 50.5. The Hall–Kier alpha value is -3.86. The summed E-state index contributed by atoms with van der Waals surface area (Å²) in [6.45, 7) is 1.06. The number of aryl methyl sites for hydroxylation is 1. The highest BCUT2D eigenvalue weighted by Gasteiger charge is 2.40. The van der Waals surface area contributed by atoms with Gasteiger partial charge in [0.2, 0.25) is 5.88 Å². The zero-order chi connectivity index (χ0) is 26.6. The second-order valence-electron chi connectivity index (χ2n) is 9.42. The minimum atomic E-state index is -4.65. The van der Waals surface area contributed by atoms with Crippen molar-refractivity contribution < 1.29 is 22.7 Å². The van der Waals surface area contributed by atoms with Crippen LogP contribution in [0.4, 0.5) is 13.2 Å². The van der Waals surface area contributed by atoms with Crippen molar-refractivity contribution in [2.24, 2.45) is 7.05 Å². The number of imidazole rings is 1. The first-order valence-electron chi connectivity index (χ1n) is 12.0. The van der Waals surface area contributed by atoms with Gasteiger partial charge >= 0.3 is 6.18 Å². The van der Waals surface area contributed by atoms with Crippen molar-refractivity contribution in [1.82, 2.24) is 29.2 Å². The number of aromatic nitrogens is 5. The number of amides is 1. The quantitative estimate of drug-likeness (QED) is 0.366. The first kappa shape index (κ1) is 24.5. The van der Waals surface area contributed by atoms with Gasteiger partial charge in [0, 0.05) is 68.0 Å². The van der Waals surface area contributed by atoms with Crippen LogP contribution in [0.25, 0.3) is 11.1 Å². The molecule has 0 saturated heterocycles. The third kappa shape index (κ3) is 4.30. The SMILES string of the molecule is Cn1cc(-c2cc(Cn3ccnc3)cc3c2CCN([C@H]2CCOc4ncc(Cl)cc42)C3=O)c(C(F)(F)F)n1. The van der Waals surface area contributed by atoms with Gasteiger partial charge in [0.1, 0.15) is 0 Å². The van der Waals surface area contributed by atoms with Crippen LogP contribution < -0.4 is 4.74 Å². The zero-order valence-corrected chi connectivity index (χ0v) is 21.0. The second kappa shape index (κ2) is 9.16. The molecule has 0 aliphatic carbocycles. The number of ether oxygens (including phenoxy) is 1. The van der Waals surface area contributed by atoms with Crippen molar-refractivity contribution in [3.05, 3.63) is 82.3 Å². The molecule has 3 aromatic heterocycles. The Morgan fingerprint density at radius 2 is 2.00 bits per heavy atom. The van der Waals surface area contributed by atoms with Crippen LogP contribution >= 0.6 is 11.6 Å². The van der Waals surface area contributed by atoms with Gasteiger partial charge in [0.15, 0.2) is 5.69 Å². The number of hydrogen-bond acceptors (Lipinski definition) is 5. The number of halogens is 4. The Balaban J connectivity index is 1.48. The monoisotopic (exact) mass is 542 g/mol. The van der Waals surface area contributed by atoms with Crippen LogP contribution in [0.5, 0.6) is 5.88 Å². The first-order valence-corrected chi connectivity index (χ1v) is 12.4. The number of carbonyl (C=O) groups excluding carboxylic acids is 1. The van der Waals surface area contributed by atoms with E-state index in [0.717, 1.165) is 10.2 Å². The molecular weight excluding hydrogens is 521 g/mol. The Kier molecular flexibility index (Phi) is 5.90. The topological polar surface area (TPSA) is 78.1 Å². The summed E-state index contributed by atoms with van der Waals surface area (Å²) in [5.74, 6) is 0.180. The number of alkyl halides is 3. The summed E-state index contributed by atoms with van der Waals surface area (Å²) in [5, 5.41) is 4.14. The third-order valence-corrected chi connectivity index (χ3v) is 7.13. The van der Waals surface area contributed by atoms with E-state index in [9.17, 15) is 18.0 Å². The predicted octanol–water partition coefficient (Wildman–Crippen LogP) is 4.92. The van der Waals surface area contributed by atoms with Gasteiger partial charge in [-0.05, 0) is 41.3 Å². The van der Waals surface area contributed by atoms with Crippen molar-refractivity contribution in [2.45, 2.75) is 31.6 Å². The van der Waals surface area contributed by atoms with Gasteiger partial charge in [-0.3, -0.25) is 9.48 Å². The molecule has 4 aromatic rings. The van der Waals surface area contributed by atoms with Gasteiger partial charge < -0.3 is 14.2 Å². The van der Waals surface area contributed by atoms with E-state index < -0.39 is 11.9 Å². The lowest BCUT2D eigenvalue weighted by Crippen LogP contribution is -2.42. The molecule has 38 heavy (non-hydrogen) atoms. The lowest BCUT2D eigenvalue weighted by Gasteiger charge is -2.38. The molecule has 1 aromatic carbocycles. The summed E-state index contributed by atoms with van der Waals surface area (Å²) in [4.78, 5) is 24.1. The van der Waals surface area contributed by atoms with E-state index in [-0.39, 0.29) is 17.5 Å². The number of hydrogen-bond donors (Lipinski definition) is 0. The Bertz CT molecular complexity index is 1530. The van der Waals surface area contributed by atoms with Gasteiger partial charge in [-0.25, -0.2) is 9.97 Å². The molecule has 1 atom stereocenters. The minimum Gasteiger partial charge on any atom is -0.477 e. The Morgan fingerprint density at radius 1 is 1.18 bits per heavy atom. The number of carbonyl (C=O) groups is 1. The lowest BCUT2D eigenvalue weighted by atomic mass is 9.86. The maximum Gasteiger partial charge on any atom is 0.435 e. The van der Waals surface area contributed by atoms with Gasteiger partial charge in [0.05, 0.1) is 24.0 Å². The summed E-state index contributed by atoms with van der Waals surface area (Å²) in [7, 11) is 1.45. The maximum atomic E-state index is 14.0. The second-order valence-corrected chi connectivity index (χ2v) is 9.85. The zero-order valence-electron chi connectivity index (χ0n) is 20.2. The lowest BCUT2D eigenvalue weighted by molar-refractivity contribution is -0.140. The molecule has 5 heterocycles. The van der Waals surface area contributed by atoms with E-state index in [4.69, 9.17) is 16.3 Å². The van der Waals surface area contributed by atoms with Crippen LogP contribution in [0.15, 0.2) is 49.3 Å². The number of benzene rings is 1. The normalized spacial score (nSPS) is 17.2. The van der Waals surface area contributed by atoms with Crippen molar-refractivity contribution in [1.29, 1.82) is 0 Å². The molecule has 0 bridgehead atoms. The van der Waals surface area contributed by atoms with E-state index in [2.05, 4.69) is 15.1 Å². The summed E-state index contributed by atoms with van der Waals surface area (Å²) in [6.07, 6.45) is 4.15. The van der Waals surface area contributed by atoms with Gasteiger partial charge in [-0.2, -0.15) is 18.3 Å². The molecule has 0 N–H and O–H groups in total. The number of rotatable bonds is 4. The molecule has 2 aliphatic rings. The fourth-order valence-corrected chi connectivity index (χ4v) is 5.51. The highest BCUT2D eigenvalue weighted by molar-refractivity contribution is 6.30. The largest absolute Gasteiger partial charge is 0.477 e. The summed E-state index contributed by atoms with van der Waals surface area (Å²) in [5.41, 5.74) is 1.71. The number of pyridine rings is 1. The average Bonchev–Trinajstić information content (AvgIpc) is 3.53. The van der Waals surface area contributed by atoms with Crippen LogP contribution in [-0.4, -0.2) is 48.3 Å². The van der Waals surface area contributed by atoms with E-state index >= 15 is 0 Å². The number of fused-ring (bicyclic) bond motifs is 2. The van der Waals surface area contributed by atoms with Crippen LogP contribution in [0.3, 0.4) is 0 Å². The Morgan fingerprint density at radius 3 is 2.76 bits per heavy atom. The third-order valence-electron chi connectivity index (χ3n) is 6.93. The highest BCUT2D eigenvalue weighted by Crippen LogP contribution is 2.42.